The van der Waals surface area contributed by atoms with Gasteiger partial charge in [0, 0.05) is 7.05 Å². The zero-order valence-corrected chi connectivity index (χ0v) is 32.9. The van der Waals surface area contributed by atoms with E-state index in [4.69, 9.17) is 20.3 Å². The summed E-state index contributed by atoms with van der Waals surface area (Å²) in [5, 5.41) is 11.6. The number of carboxylic acids is 1. The van der Waals surface area contributed by atoms with Gasteiger partial charge in [0.15, 0.2) is 0 Å². The molecule has 0 heterocycles. The zero-order chi connectivity index (χ0) is 39.4. The van der Waals surface area contributed by atoms with Crippen LogP contribution in [0.1, 0.15) is 99.5 Å². The number of aryl methyl sites for hydroxylation is 1. The first-order chi connectivity index (χ1) is 24.1. The van der Waals surface area contributed by atoms with Crippen molar-refractivity contribution in [2.24, 2.45) is 5.73 Å². The molecule has 1 aromatic carbocycles. The summed E-state index contributed by atoms with van der Waals surface area (Å²) < 4.78 is 23.9. The monoisotopic (exact) mass is 722 g/mol. The highest BCUT2D eigenvalue weighted by Gasteiger charge is 2.26. The molecular weight excluding hydrogens is 655 g/mol. The van der Waals surface area contributed by atoms with Crippen molar-refractivity contribution in [3.8, 4) is 5.75 Å². The van der Waals surface area contributed by atoms with Gasteiger partial charge in [-0.1, -0.05) is 82.0 Å². The summed E-state index contributed by atoms with van der Waals surface area (Å²) in [6, 6.07) is 6.46. The second-order valence-corrected chi connectivity index (χ2v) is 12.8. The maximum atomic E-state index is 12.6. The van der Waals surface area contributed by atoms with Crippen molar-refractivity contribution in [3.05, 3.63) is 53.6 Å². The molecule has 1 aromatic rings. The van der Waals surface area contributed by atoms with E-state index in [0.717, 1.165) is 36.1 Å². The van der Waals surface area contributed by atoms with Crippen LogP contribution in [0.2, 0.25) is 0 Å². The summed E-state index contributed by atoms with van der Waals surface area (Å²) >= 11 is 0. The number of para-hydroxylation sites is 1. The van der Waals surface area contributed by atoms with Gasteiger partial charge in [-0.2, -0.15) is 0 Å². The van der Waals surface area contributed by atoms with Crippen LogP contribution in [-0.4, -0.2) is 103 Å². The number of rotatable bonds is 18. The molecular formula is C39H67FN4O7. The number of aliphatic carboxylic acids is 1. The van der Waals surface area contributed by atoms with Crippen molar-refractivity contribution in [3.63, 3.8) is 0 Å². The highest BCUT2D eigenvalue weighted by Crippen LogP contribution is 2.20. The number of hydrogen-bond acceptors (Lipinski definition) is 8. The third-order valence-electron chi connectivity index (χ3n) is 6.90. The molecule has 0 aliphatic heterocycles. The van der Waals surface area contributed by atoms with E-state index < -0.39 is 35.9 Å². The van der Waals surface area contributed by atoms with Gasteiger partial charge in [0.05, 0.1) is 12.6 Å². The van der Waals surface area contributed by atoms with Crippen LogP contribution in [0.3, 0.4) is 0 Å². The van der Waals surface area contributed by atoms with Crippen molar-refractivity contribution in [2.45, 2.75) is 124 Å². The Morgan fingerprint density at radius 3 is 2.20 bits per heavy atom. The third-order valence-corrected chi connectivity index (χ3v) is 6.90. The van der Waals surface area contributed by atoms with Crippen LogP contribution in [0.15, 0.2) is 48.1 Å². The minimum atomic E-state index is -1.02. The number of nitrogens with one attached hydrogen (secondary N) is 1. The number of ether oxygens (including phenoxy) is 2. The second kappa shape index (κ2) is 28.9. The molecule has 3 atom stereocenters. The number of allylic oxidation sites excluding steroid dienone is 3. The molecule has 2 amide bonds. The number of nitrogens with zero attached hydrogens (tertiary/aromatic N) is 2. The van der Waals surface area contributed by atoms with E-state index in [0.29, 0.717) is 19.3 Å². The first-order valence-corrected chi connectivity index (χ1v) is 18.1. The topological polar surface area (TPSA) is 152 Å². The van der Waals surface area contributed by atoms with Crippen molar-refractivity contribution in [2.75, 3.05) is 40.3 Å². The molecule has 11 nitrogen and oxygen atoms in total. The van der Waals surface area contributed by atoms with E-state index >= 15 is 0 Å². The van der Waals surface area contributed by atoms with Crippen molar-refractivity contribution in [1.82, 2.24) is 15.1 Å². The van der Waals surface area contributed by atoms with Crippen LogP contribution in [0.4, 0.5) is 9.18 Å². The zero-order valence-electron chi connectivity index (χ0n) is 32.9. The van der Waals surface area contributed by atoms with Crippen molar-refractivity contribution >= 4 is 24.3 Å². The van der Waals surface area contributed by atoms with E-state index in [2.05, 4.69) is 5.32 Å². The molecule has 0 saturated heterocycles. The lowest BCUT2D eigenvalue weighted by Crippen LogP contribution is -2.47. The Morgan fingerprint density at radius 1 is 1.12 bits per heavy atom. The van der Waals surface area contributed by atoms with Gasteiger partial charge in [0.25, 0.3) is 0 Å². The number of nitrogens with two attached hydrogens (primary N) is 1. The number of hydrogen-bond donors (Lipinski definition) is 3. The fourth-order valence-electron chi connectivity index (χ4n) is 3.85. The number of carboxylic acid groups (broad SMARTS) is 1. The van der Waals surface area contributed by atoms with E-state index in [1.165, 1.54) is 49.1 Å². The number of carbonyl (C=O) groups excluding carboxylic acids is 3. The average molecular weight is 723 g/mol. The van der Waals surface area contributed by atoms with Crippen LogP contribution in [0.5, 0.6) is 5.75 Å². The molecule has 1 aliphatic carbocycles. The number of carbonyl (C=O) groups is 4. The second-order valence-electron chi connectivity index (χ2n) is 12.8. The van der Waals surface area contributed by atoms with Crippen molar-refractivity contribution < 1.29 is 38.1 Å². The van der Waals surface area contributed by atoms with Crippen LogP contribution in [-0.2, 0) is 25.5 Å². The highest BCUT2D eigenvalue weighted by atomic mass is 19.1. The van der Waals surface area contributed by atoms with Gasteiger partial charge in [-0.05, 0) is 85.5 Å². The number of amides is 2. The first-order valence-electron chi connectivity index (χ1n) is 18.1. The van der Waals surface area contributed by atoms with Gasteiger partial charge >= 0.3 is 12.1 Å². The van der Waals surface area contributed by atoms with Crippen LogP contribution < -0.4 is 15.8 Å². The lowest BCUT2D eigenvalue weighted by molar-refractivity contribution is -0.139. The molecule has 0 radical (unpaired) electrons. The molecule has 0 bridgehead atoms. The number of alkyl halides is 1. The minimum absolute atomic E-state index is 0.162. The molecule has 1 saturated carbocycles. The Morgan fingerprint density at radius 2 is 1.73 bits per heavy atom. The maximum absolute atomic E-state index is 12.6. The number of aldehydes is 1. The number of benzene rings is 1. The normalized spacial score (nSPS) is 13.8. The average Bonchev–Trinajstić information content (AvgIpc) is 3.98. The molecule has 292 valence electrons. The Labute approximate surface area is 306 Å². The Bertz CT molecular complexity index is 1180. The molecule has 0 aromatic heterocycles. The molecule has 0 spiro atoms. The molecule has 1 fully saturated rings. The molecule has 1 aliphatic rings. The summed E-state index contributed by atoms with van der Waals surface area (Å²) in [6.45, 7) is 15.0. The lowest BCUT2D eigenvalue weighted by Gasteiger charge is -2.29. The molecule has 2 unspecified atom stereocenters. The third kappa shape index (κ3) is 25.8. The lowest BCUT2D eigenvalue weighted by atomic mass is 10.0. The van der Waals surface area contributed by atoms with Gasteiger partial charge in [-0.25, -0.2) is 9.18 Å². The smallest absolute Gasteiger partial charge is 0.410 e. The Balaban J connectivity index is 0. The summed E-state index contributed by atoms with van der Waals surface area (Å²) in [5.74, 6) is -0.525. The number of halogens is 1. The predicted molar refractivity (Wildman–Crippen MR) is 204 cm³/mol. The SMILES string of the molecule is C1CC1.CC.CC/C=C(\C=C/C(C)F)CC(NC)C(=O)O.C[C@H](C=O)N(C)C(=O)CN(CCOc1ccccc1CCCN)C(=O)OC(C)(C)C. The molecule has 4 N–H and O–H groups in total. The quantitative estimate of drug-likeness (QED) is 0.111. The summed E-state index contributed by atoms with van der Waals surface area (Å²) in [6.07, 6.45) is 11.4. The van der Waals surface area contributed by atoms with Gasteiger partial charge in [-0.15, -0.1) is 0 Å². The largest absolute Gasteiger partial charge is 0.491 e. The van der Waals surface area contributed by atoms with Crippen LogP contribution >= 0.6 is 0 Å². The summed E-state index contributed by atoms with van der Waals surface area (Å²) in [5.41, 5.74) is 6.78. The Kier molecular flexibility index (Phi) is 27.9. The van der Waals surface area contributed by atoms with Gasteiger partial charge in [0.1, 0.15) is 43.0 Å². The standard InChI is InChI=1S/C22H35N3O5.C12H20FNO2.C3H6.C2H6/c1-17(16-26)24(5)20(27)15-25(21(28)30-22(2,3)4)13-14-29-19-11-7-6-9-18(19)10-8-12-23;1-4-5-10(7-6-9(2)13)8-11(14-3)12(15)16;1-2-3-1;1-2/h6-7,9,11,16-17H,8,10,12-15,23H2,1-5H3;5-7,9,11,14H,4,8H2,1-3H3,(H,15,16);1-3H2;1-2H3/b;7-6-,10-5+;;/t17-;;;/m1.../s1. The maximum Gasteiger partial charge on any atom is 0.410 e. The first kappa shape index (κ1) is 49.3. The van der Waals surface area contributed by atoms with Crippen molar-refractivity contribution in [1.29, 1.82) is 0 Å². The van der Waals surface area contributed by atoms with E-state index in [1.54, 1.807) is 40.8 Å². The van der Waals surface area contributed by atoms with Gasteiger partial charge < -0.3 is 35.3 Å². The van der Waals surface area contributed by atoms with Crippen LogP contribution in [0.25, 0.3) is 0 Å². The minimum Gasteiger partial charge on any atom is -0.491 e. The van der Waals surface area contributed by atoms with E-state index in [9.17, 15) is 23.6 Å². The van der Waals surface area contributed by atoms with E-state index in [1.807, 2.05) is 51.1 Å². The van der Waals surface area contributed by atoms with E-state index in [-0.39, 0.29) is 25.6 Å². The fourth-order valence-corrected chi connectivity index (χ4v) is 3.85. The molecule has 2 rings (SSSR count). The Hall–Kier alpha value is -3.77. The van der Waals surface area contributed by atoms with Gasteiger partial charge in [0.2, 0.25) is 5.91 Å². The van der Waals surface area contributed by atoms with Crippen LogP contribution in [0, 0.1) is 0 Å². The predicted octanol–water partition coefficient (Wildman–Crippen LogP) is 6.74. The molecule has 12 heteroatoms. The fraction of sp³-hybridized carbons (Fsp3) is 0.641. The number of likely N-dealkylation sites (N-methyl/N-ethyl adjacent to an activating group) is 2. The summed E-state index contributed by atoms with van der Waals surface area (Å²) in [7, 11) is 3.13. The highest BCUT2D eigenvalue weighted by molar-refractivity contribution is 5.84. The molecule has 51 heavy (non-hydrogen) atoms. The van der Waals surface area contributed by atoms with Gasteiger partial charge in [-0.3, -0.25) is 14.5 Å². The summed E-state index contributed by atoms with van der Waals surface area (Å²) in [4.78, 5) is 49.5.